The van der Waals surface area contributed by atoms with Gasteiger partial charge in [-0.1, -0.05) is 40.7 Å². The van der Waals surface area contributed by atoms with Crippen LogP contribution in [0, 0.1) is 27.7 Å². The summed E-state index contributed by atoms with van der Waals surface area (Å²) in [4.78, 5) is 24.4. The van der Waals surface area contributed by atoms with E-state index in [1.54, 1.807) is 23.9 Å². The van der Waals surface area contributed by atoms with Crippen LogP contribution < -0.4 is 4.90 Å². The third kappa shape index (κ3) is 4.14. The molecule has 0 aliphatic heterocycles. The molecular weight excluding hydrogens is 392 g/mol. The van der Waals surface area contributed by atoms with Gasteiger partial charge in [0.2, 0.25) is 0 Å². The number of aryl methyl sites for hydroxylation is 5. The fourth-order valence-corrected chi connectivity index (χ4v) is 4.87. The first kappa shape index (κ1) is 20.3. The van der Waals surface area contributed by atoms with E-state index < -0.39 is 0 Å². The highest BCUT2D eigenvalue weighted by Gasteiger charge is 2.22. The third-order valence-corrected chi connectivity index (χ3v) is 6.45. The molecule has 0 saturated carbocycles. The highest BCUT2D eigenvalue weighted by molar-refractivity contribution is 7.22. The first-order valence-corrected chi connectivity index (χ1v) is 11.0. The number of rotatable bonds is 6. The van der Waals surface area contributed by atoms with E-state index in [0.717, 1.165) is 45.0 Å². The van der Waals surface area contributed by atoms with Crippen molar-refractivity contribution in [2.24, 2.45) is 0 Å². The number of nitrogens with zero attached hydrogens (tertiary/aromatic N) is 4. The zero-order chi connectivity index (χ0) is 21.3. The highest BCUT2D eigenvalue weighted by atomic mass is 32.1. The highest BCUT2D eigenvalue weighted by Crippen LogP contribution is 2.34. The Kier molecular flexibility index (Phi) is 5.68. The van der Waals surface area contributed by atoms with Crippen molar-refractivity contribution in [1.29, 1.82) is 0 Å². The van der Waals surface area contributed by atoms with Gasteiger partial charge in [0.25, 0.3) is 5.91 Å². The van der Waals surface area contributed by atoms with Crippen LogP contribution in [-0.4, -0.2) is 27.0 Å². The lowest BCUT2D eigenvalue weighted by Gasteiger charge is -2.20. The number of carbonyl (C=O) groups excluding carboxylic acids is 1. The second-order valence-corrected chi connectivity index (χ2v) is 8.84. The number of imidazole rings is 1. The summed E-state index contributed by atoms with van der Waals surface area (Å²) < 4.78 is 3.18. The standard InChI is InChI=1S/C24H26N4OS/c1-16-12-17(2)14-20(13-16)23(29)28(10-5-9-27-11-8-25-15-27)24-26-21-18(3)6-7-19(4)22(21)30-24/h6-8,11-15H,5,9-10H2,1-4H3. The van der Waals surface area contributed by atoms with Gasteiger partial charge < -0.3 is 4.57 Å². The van der Waals surface area contributed by atoms with E-state index in [2.05, 4.69) is 37.0 Å². The van der Waals surface area contributed by atoms with Gasteiger partial charge in [-0.05, 0) is 57.4 Å². The van der Waals surface area contributed by atoms with Crippen LogP contribution in [0.1, 0.15) is 39.0 Å². The molecule has 2 heterocycles. The first-order valence-electron chi connectivity index (χ1n) is 10.1. The van der Waals surface area contributed by atoms with E-state index in [1.165, 1.54) is 5.56 Å². The van der Waals surface area contributed by atoms with Gasteiger partial charge in [-0.2, -0.15) is 0 Å². The average Bonchev–Trinajstić information content (AvgIpc) is 3.37. The van der Waals surface area contributed by atoms with Crippen LogP contribution in [0.2, 0.25) is 0 Å². The molecule has 4 rings (SSSR count). The number of benzene rings is 2. The Labute approximate surface area is 181 Å². The molecule has 0 radical (unpaired) electrons. The average molecular weight is 419 g/mol. The molecule has 1 amide bonds. The van der Waals surface area contributed by atoms with E-state index in [9.17, 15) is 4.79 Å². The SMILES string of the molecule is Cc1cc(C)cc(C(=O)N(CCCn2ccnc2)c2nc3c(C)ccc(C)c3s2)c1. The zero-order valence-corrected chi connectivity index (χ0v) is 18.7. The van der Waals surface area contributed by atoms with Crippen molar-refractivity contribution >= 4 is 32.6 Å². The van der Waals surface area contributed by atoms with Crippen LogP contribution in [0.4, 0.5) is 5.13 Å². The van der Waals surface area contributed by atoms with Gasteiger partial charge in [0.05, 0.1) is 16.5 Å². The van der Waals surface area contributed by atoms with Gasteiger partial charge in [-0.15, -0.1) is 0 Å². The number of aromatic nitrogens is 3. The van der Waals surface area contributed by atoms with Crippen LogP contribution >= 0.6 is 11.3 Å². The lowest BCUT2D eigenvalue weighted by molar-refractivity contribution is 0.0986. The van der Waals surface area contributed by atoms with Crippen molar-refractivity contribution in [1.82, 2.24) is 14.5 Å². The Morgan fingerprint density at radius 3 is 2.47 bits per heavy atom. The molecule has 0 unspecified atom stereocenters. The monoisotopic (exact) mass is 418 g/mol. The summed E-state index contributed by atoms with van der Waals surface area (Å²) in [5.74, 6) is 0.00166. The number of thiazole rings is 1. The molecule has 0 bridgehead atoms. The Balaban J connectivity index is 1.70. The number of amides is 1. The van der Waals surface area contributed by atoms with E-state index in [1.807, 2.05) is 41.6 Å². The van der Waals surface area contributed by atoms with Gasteiger partial charge in [0.1, 0.15) is 0 Å². The molecule has 4 aromatic rings. The van der Waals surface area contributed by atoms with Gasteiger partial charge >= 0.3 is 0 Å². The number of anilines is 1. The quantitative estimate of drug-likeness (QED) is 0.418. The molecule has 0 atom stereocenters. The number of carbonyl (C=O) groups is 1. The number of hydrogen-bond acceptors (Lipinski definition) is 4. The molecular formula is C24H26N4OS. The Morgan fingerprint density at radius 1 is 1.07 bits per heavy atom. The van der Waals surface area contributed by atoms with E-state index in [0.29, 0.717) is 12.1 Å². The maximum Gasteiger partial charge on any atom is 0.260 e. The van der Waals surface area contributed by atoms with Crippen molar-refractivity contribution in [3.63, 3.8) is 0 Å². The molecule has 6 heteroatoms. The maximum atomic E-state index is 13.6. The van der Waals surface area contributed by atoms with Gasteiger partial charge in [0, 0.05) is 31.0 Å². The predicted molar refractivity (Wildman–Crippen MR) is 124 cm³/mol. The molecule has 2 aromatic carbocycles. The van der Waals surface area contributed by atoms with Crippen molar-refractivity contribution in [3.8, 4) is 0 Å². The molecule has 154 valence electrons. The zero-order valence-electron chi connectivity index (χ0n) is 17.8. The minimum atomic E-state index is 0.00166. The predicted octanol–water partition coefficient (Wildman–Crippen LogP) is 5.46. The molecule has 5 nitrogen and oxygen atoms in total. The molecule has 0 aliphatic rings. The van der Waals surface area contributed by atoms with Crippen LogP contribution in [0.5, 0.6) is 0 Å². The van der Waals surface area contributed by atoms with Gasteiger partial charge in [-0.25, -0.2) is 9.97 Å². The van der Waals surface area contributed by atoms with Crippen molar-refractivity contribution in [2.45, 2.75) is 40.7 Å². The minimum absolute atomic E-state index is 0.00166. The van der Waals surface area contributed by atoms with E-state index in [4.69, 9.17) is 4.98 Å². The summed E-state index contributed by atoms with van der Waals surface area (Å²) in [6, 6.07) is 10.2. The number of fused-ring (bicyclic) bond motifs is 1. The number of hydrogen-bond donors (Lipinski definition) is 0. The fourth-order valence-electron chi connectivity index (χ4n) is 3.73. The molecule has 2 aromatic heterocycles. The fraction of sp³-hybridized carbons (Fsp3) is 0.292. The molecule has 0 saturated heterocycles. The normalized spacial score (nSPS) is 11.2. The second kappa shape index (κ2) is 8.40. The van der Waals surface area contributed by atoms with E-state index >= 15 is 0 Å². The second-order valence-electron chi connectivity index (χ2n) is 7.86. The summed E-state index contributed by atoms with van der Waals surface area (Å²) in [6.45, 7) is 9.62. The van der Waals surface area contributed by atoms with Crippen molar-refractivity contribution in [2.75, 3.05) is 11.4 Å². The molecule has 0 aliphatic carbocycles. The van der Waals surface area contributed by atoms with E-state index in [-0.39, 0.29) is 5.91 Å². The van der Waals surface area contributed by atoms with Crippen LogP contribution in [0.15, 0.2) is 49.1 Å². The summed E-state index contributed by atoms with van der Waals surface area (Å²) in [6.07, 6.45) is 6.35. The topological polar surface area (TPSA) is 51.0 Å². The largest absolute Gasteiger partial charge is 0.337 e. The van der Waals surface area contributed by atoms with Gasteiger partial charge in [-0.3, -0.25) is 9.69 Å². The summed E-state index contributed by atoms with van der Waals surface area (Å²) in [5, 5.41) is 0.761. The van der Waals surface area contributed by atoms with Crippen molar-refractivity contribution < 1.29 is 4.79 Å². The Morgan fingerprint density at radius 2 is 1.80 bits per heavy atom. The Hall–Kier alpha value is -2.99. The Bertz CT molecular complexity index is 1130. The van der Waals surface area contributed by atoms with Crippen LogP contribution in [0.25, 0.3) is 10.2 Å². The first-order chi connectivity index (χ1) is 14.4. The smallest absolute Gasteiger partial charge is 0.260 e. The minimum Gasteiger partial charge on any atom is -0.337 e. The van der Waals surface area contributed by atoms with Crippen molar-refractivity contribution in [3.05, 3.63) is 76.9 Å². The molecule has 0 N–H and O–H groups in total. The third-order valence-electron chi connectivity index (χ3n) is 5.23. The lowest BCUT2D eigenvalue weighted by atomic mass is 10.1. The molecule has 0 fully saturated rings. The summed E-state index contributed by atoms with van der Waals surface area (Å²) in [7, 11) is 0. The van der Waals surface area contributed by atoms with Gasteiger partial charge in [0.15, 0.2) is 5.13 Å². The van der Waals surface area contributed by atoms with Crippen LogP contribution in [0.3, 0.4) is 0 Å². The lowest BCUT2D eigenvalue weighted by Crippen LogP contribution is -2.32. The van der Waals surface area contributed by atoms with Crippen LogP contribution in [-0.2, 0) is 6.54 Å². The summed E-state index contributed by atoms with van der Waals surface area (Å²) >= 11 is 1.60. The molecule has 30 heavy (non-hydrogen) atoms. The maximum absolute atomic E-state index is 13.6. The molecule has 0 spiro atoms. The summed E-state index contributed by atoms with van der Waals surface area (Å²) in [5.41, 5.74) is 6.21.